The minimum atomic E-state index is -4.77. The van der Waals surface area contributed by atoms with E-state index in [1.165, 1.54) is 12.1 Å². The van der Waals surface area contributed by atoms with Crippen LogP contribution in [0.3, 0.4) is 0 Å². The molecule has 0 saturated heterocycles. The van der Waals surface area contributed by atoms with E-state index in [1.807, 2.05) is 0 Å². The number of hydrogen-bond acceptors (Lipinski definition) is 6. The zero-order chi connectivity index (χ0) is 22.7. The Balaban J connectivity index is 1.73. The summed E-state index contributed by atoms with van der Waals surface area (Å²) in [5, 5.41) is 11.6. The van der Waals surface area contributed by atoms with E-state index in [-0.39, 0.29) is 39.8 Å². The molecule has 0 spiro atoms. The molecule has 1 saturated carbocycles. The van der Waals surface area contributed by atoms with Crippen molar-refractivity contribution in [3.8, 4) is 22.6 Å². The summed E-state index contributed by atoms with van der Waals surface area (Å²) < 4.78 is 47.8. The third kappa shape index (κ3) is 3.11. The molecule has 8 nitrogen and oxygen atoms in total. The summed E-state index contributed by atoms with van der Waals surface area (Å²) in [5.74, 6) is 0.105. The molecule has 1 aliphatic carbocycles. The first-order valence-corrected chi connectivity index (χ1v) is 10.1. The van der Waals surface area contributed by atoms with Crippen LogP contribution < -0.4 is 11.3 Å². The number of benzene rings is 1. The van der Waals surface area contributed by atoms with Crippen LogP contribution in [-0.2, 0) is 11.7 Å². The summed E-state index contributed by atoms with van der Waals surface area (Å²) in [6.07, 6.45) is -1.56. The van der Waals surface area contributed by atoms with Gasteiger partial charge in [-0.3, -0.25) is 4.79 Å². The molecule has 0 bridgehead atoms. The number of halogens is 3. The van der Waals surface area contributed by atoms with Gasteiger partial charge in [0.1, 0.15) is 11.2 Å². The van der Waals surface area contributed by atoms with Crippen molar-refractivity contribution < 1.29 is 17.6 Å². The van der Waals surface area contributed by atoms with Crippen LogP contribution in [0, 0.1) is 6.92 Å². The number of aromatic amines is 1. The van der Waals surface area contributed by atoms with Gasteiger partial charge in [0.15, 0.2) is 5.69 Å². The lowest BCUT2D eigenvalue weighted by Crippen LogP contribution is -2.33. The van der Waals surface area contributed by atoms with Gasteiger partial charge in [0.2, 0.25) is 5.89 Å². The van der Waals surface area contributed by atoms with Gasteiger partial charge in [0.05, 0.1) is 11.1 Å². The van der Waals surface area contributed by atoms with Crippen LogP contribution in [0.2, 0.25) is 0 Å². The number of rotatable bonds is 3. The summed E-state index contributed by atoms with van der Waals surface area (Å²) in [4.78, 5) is 16.1. The molecule has 0 radical (unpaired) electrons. The van der Waals surface area contributed by atoms with Gasteiger partial charge in [-0.05, 0) is 25.3 Å². The Hall–Kier alpha value is -3.47. The lowest BCUT2D eigenvalue weighted by Gasteiger charge is -2.17. The number of alkyl halides is 3. The smallest absolute Gasteiger partial charge is 0.418 e. The van der Waals surface area contributed by atoms with Gasteiger partial charge in [-0.2, -0.15) is 22.8 Å². The summed E-state index contributed by atoms with van der Waals surface area (Å²) in [6.45, 7) is 1.56. The van der Waals surface area contributed by atoms with Crippen molar-refractivity contribution in [2.75, 3.05) is 0 Å². The van der Waals surface area contributed by atoms with Crippen LogP contribution in [0.1, 0.15) is 43.0 Å². The number of fused-ring (bicyclic) bond motifs is 1. The molecule has 5 rings (SSSR count). The summed E-state index contributed by atoms with van der Waals surface area (Å²) in [5.41, 5.74) is 3.87. The lowest BCUT2D eigenvalue weighted by molar-refractivity contribution is -0.140. The predicted molar refractivity (Wildman–Crippen MR) is 109 cm³/mol. The van der Waals surface area contributed by atoms with E-state index in [9.17, 15) is 18.0 Å². The largest absolute Gasteiger partial charge is 0.435 e. The van der Waals surface area contributed by atoms with Gasteiger partial charge in [-0.1, -0.05) is 43.2 Å². The van der Waals surface area contributed by atoms with Crippen LogP contribution in [-0.4, -0.2) is 24.8 Å². The molecule has 3 heterocycles. The van der Waals surface area contributed by atoms with E-state index in [0.717, 1.165) is 12.8 Å². The number of nitrogens with two attached hydrogens (primary N) is 1. The van der Waals surface area contributed by atoms with E-state index in [0.29, 0.717) is 17.4 Å². The van der Waals surface area contributed by atoms with Crippen LogP contribution in [0.4, 0.5) is 13.2 Å². The number of aromatic nitrogens is 5. The highest BCUT2D eigenvalue weighted by Crippen LogP contribution is 2.39. The van der Waals surface area contributed by atoms with Gasteiger partial charge in [0, 0.05) is 5.69 Å². The second-order valence-electron chi connectivity index (χ2n) is 8.05. The number of aryl methyl sites for hydroxylation is 1. The Morgan fingerprint density at radius 2 is 1.81 bits per heavy atom. The zero-order valence-corrected chi connectivity index (χ0v) is 17.0. The van der Waals surface area contributed by atoms with Crippen molar-refractivity contribution in [1.82, 2.24) is 24.8 Å². The molecule has 4 aromatic rings. The van der Waals surface area contributed by atoms with Crippen LogP contribution in [0.5, 0.6) is 0 Å². The number of H-pyrrole nitrogens is 1. The highest BCUT2D eigenvalue weighted by Gasteiger charge is 2.40. The Kier molecular flexibility index (Phi) is 4.48. The normalized spacial score (nSPS) is 16.2. The quantitative estimate of drug-likeness (QED) is 0.497. The third-order valence-corrected chi connectivity index (χ3v) is 5.86. The predicted octanol–water partition coefficient (Wildman–Crippen LogP) is 3.79. The van der Waals surface area contributed by atoms with Crippen molar-refractivity contribution in [1.29, 1.82) is 0 Å². The number of hydrogen-bond donors (Lipinski definition) is 2. The molecule has 3 N–H and O–H groups in total. The van der Waals surface area contributed by atoms with E-state index in [4.69, 9.17) is 10.2 Å². The fraction of sp³-hybridized carbons (Fsp3) is 0.333. The summed E-state index contributed by atoms with van der Waals surface area (Å²) in [7, 11) is 0. The van der Waals surface area contributed by atoms with Gasteiger partial charge in [-0.15, -0.1) is 10.2 Å². The molecule has 32 heavy (non-hydrogen) atoms. The molecule has 0 unspecified atom stereocenters. The number of nitrogens with one attached hydrogen (secondary N) is 1. The fourth-order valence-electron chi connectivity index (χ4n) is 4.26. The van der Waals surface area contributed by atoms with Gasteiger partial charge in [0.25, 0.3) is 11.4 Å². The molecule has 1 aliphatic rings. The average Bonchev–Trinajstić information content (AvgIpc) is 3.47. The Morgan fingerprint density at radius 3 is 2.47 bits per heavy atom. The highest BCUT2D eigenvalue weighted by molar-refractivity contribution is 5.81. The Morgan fingerprint density at radius 1 is 1.12 bits per heavy atom. The maximum Gasteiger partial charge on any atom is 0.435 e. The van der Waals surface area contributed by atoms with Crippen molar-refractivity contribution >= 4 is 5.65 Å². The Labute approximate surface area is 179 Å². The molecule has 3 aromatic heterocycles. The molecule has 11 heteroatoms. The third-order valence-electron chi connectivity index (χ3n) is 5.86. The minimum absolute atomic E-state index is 0.0475. The van der Waals surface area contributed by atoms with Crippen molar-refractivity contribution in [3.63, 3.8) is 0 Å². The molecular formula is C21H19F3N6O2. The van der Waals surface area contributed by atoms with E-state index in [1.54, 1.807) is 25.1 Å². The van der Waals surface area contributed by atoms with Crippen molar-refractivity contribution in [2.45, 2.75) is 44.3 Å². The second-order valence-corrected chi connectivity index (χ2v) is 8.05. The van der Waals surface area contributed by atoms with Gasteiger partial charge in [-0.25, -0.2) is 0 Å². The first kappa shape index (κ1) is 20.4. The SMILES string of the molecule is Cc1[nH]c2c(-c3ccccc3)c(C(F)(F)F)nn2c(=O)c1-c1nnc(C2(N)CCCC2)o1. The highest BCUT2D eigenvalue weighted by atomic mass is 19.4. The Bertz CT molecular complexity index is 1360. The number of nitrogens with zero attached hydrogens (tertiary/aromatic N) is 4. The second kappa shape index (κ2) is 7.02. The van der Waals surface area contributed by atoms with E-state index < -0.39 is 23.0 Å². The minimum Gasteiger partial charge on any atom is -0.418 e. The van der Waals surface area contributed by atoms with E-state index in [2.05, 4.69) is 20.3 Å². The van der Waals surface area contributed by atoms with Crippen LogP contribution in [0.15, 0.2) is 39.5 Å². The molecular weight excluding hydrogens is 425 g/mol. The monoisotopic (exact) mass is 444 g/mol. The summed E-state index contributed by atoms with van der Waals surface area (Å²) in [6, 6.07) is 7.98. The molecule has 0 amide bonds. The van der Waals surface area contributed by atoms with Gasteiger partial charge < -0.3 is 15.1 Å². The van der Waals surface area contributed by atoms with Gasteiger partial charge >= 0.3 is 6.18 Å². The molecule has 1 aromatic carbocycles. The first-order valence-electron chi connectivity index (χ1n) is 10.1. The van der Waals surface area contributed by atoms with Crippen LogP contribution >= 0.6 is 0 Å². The molecule has 0 atom stereocenters. The lowest BCUT2D eigenvalue weighted by atomic mass is 10.00. The maximum absolute atomic E-state index is 13.8. The standard InChI is InChI=1S/C21H19F3N6O2/c1-11-13(17-27-28-19(32-17)20(25)9-5-6-10-20)18(31)30-16(26-11)14(12-7-3-2-4-8-12)15(29-30)21(22,23)24/h2-4,7-8,26H,5-6,9-10,25H2,1H3. The topological polar surface area (TPSA) is 115 Å². The maximum atomic E-state index is 13.8. The van der Waals surface area contributed by atoms with E-state index >= 15 is 0 Å². The van der Waals surface area contributed by atoms with Crippen molar-refractivity contribution in [2.24, 2.45) is 5.73 Å². The average molecular weight is 444 g/mol. The first-order chi connectivity index (χ1) is 15.2. The zero-order valence-electron chi connectivity index (χ0n) is 17.0. The molecule has 1 fully saturated rings. The molecule has 166 valence electrons. The van der Waals surface area contributed by atoms with Crippen LogP contribution in [0.25, 0.3) is 28.2 Å². The summed E-state index contributed by atoms with van der Waals surface area (Å²) >= 11 is 0. The van der Waals surface area contributed by atoms with Crippen molar-refractivity contribution in [3.05, 3.63) is 58.0 Å². The molecule has 0 aliphatic heterocycles. The fourth-order valence-corrected chi connectivity index (χ4v) is 4.26.